The van der Waals surface area contributed by atoms with Gasteiger partial charge in [0.05, 0.1) is 0 Å². The van der Waals surface area contributed by atoms with E-state index >= 15 is 0 Å². The Kier molecular flexibility index (Phi) is 222. The van der Waals surface area contributed by atoms with Gasteiger partial charge >= 0.3 is 0 Å². The van der Waals surface area contributed by atoms with Crippen LogP contribution in [0.15, 0.2) is 0 Å². The van der Waals surface area contributed by atoms with E-state index in [1.807, 2.05) is 0 Å². The Bertz CT molecular complexity index is 9.61. The fourth-order valence-electron chi connectivity index (χ4n) is 0. The van der Waals surface area contributed by atoms with Crippen molar-refractivity contribution < 1.29 is 101 Å². The SMILES string of the molecule is [Fe].[Mn].[Nb].[Nb].[Ti]. The summed E-state index contributed by atoms with van der Waals surface area (Å²) in [5, 5.41) is 0. The molecule has 0 aromatic carbocycles. The number of rotatable bonds is 0. The molecular weight excluding hydrogens is 344 g/mol. The minimum absolute atomic E-state index is 0. The normalized spacial score (nSPS) is 0. The van der Waals surface area contributed by atoms with E-state index in [4.69, 9.17) is 0 Å². The van der Waals surface area contributed by atoms with Crippen LogP contribution in [0, 0.1) is 0 Å². The van der Waals surface area contributed by atoms with Gasteiger partial charge < -0.3 is 0 Å². The van der Waals surface area contributed by atoms with Gasteiger partial charge in [-0.15, -0.1) is 0 Å². The summed E-state index contributed by atoms with van der Waals surface area (Å²) < 4.78 is 0. The van der Waals surface area contributed by atoms with Crippen molar-refractivity contribution in [3.05, 3.63) is 0 Å². The van der Waals surface area contributed by atoms with Crippen molar-refractivity contribution in [1.29, 1.82) is 0 Å². The Hall–Kier alpha value is 3.23. The average Bonchev–Trinajstić information content (AvgIpc) is 0. The summed E-state index contributed by atoms with van der Waals surface area (Å²) >= 11 is 0. The Labute approximate surface area is 98.8 Å². The zero-order chi connectivity index (χ0) is 0. The van der Waals surface area contributed by atoms with E-state index in [0.717, 1.165) is 0 Å². The molecule has 0 spiro atoms. The molecule has 0 N–H and O–H groups in total. The molecule has 0 saturated heterocycles. The minimum Gasteiger partial charge on any atom is 0 e. The molecule has 0 aliphatic carbocycles. The monoisotopic (exact) mass is 345 g/mol. The van der Waals surface area contributed by atoms with E-state index < -0.39 is 0 Å². The van der Waals surface area contributed by atoms with Gasteiger partial charge in [0.15, 0.2) is 0 Å². The molecule has 29 valence electrons. The molecule has 0 unspecified atom stereocenters. The molecule has 0 nitrogen and oxygen atoms in total. The third-order valence-electron chi connectivity index (χ3n) is 0. The fraction of sp³-hybridized carbons (Fsp3) is 0. The van der Waals surface area contributed by atoms with Gasteiger partial charge in [-0.1, -0.05) is 0 Å². The average molecular weight is 344 g/mol. The topological polar surface area (TPSA) is 0 Å². The smallest absolute Gasteiger partial charge is 0 e. The van der Waals surface area contributed by atoms with Crippen LogP contribution in [0.2, 0.25) is 0 Å². The third-order valence-corrected chi connectivity index (χ3v) is 0. The molecule has 0 aromatic heterocycles. The second kappa shape index (κ2) is 26.9. The van der Waals surface area contributed by atoms with Crippen LogP contribution in [0.5, 0.6) is 0 Å². The van der Waals surface area contributed by atoms with Crippen molar-refractivity contribution in [3.8, 4) is 0 Å². The van der Waals surface area contributed by atoms with E-state index in [-0.39, 0.29) is 101 Å². The van der Waals surface area contributed by atoms with Gasteiger partial charge in [0.25, 0.3) is 0 Å². The van der Waals surface area contributed by atoms with Crippen LogP contribution >= 0.6 is 0 Å². The van der Waals surface area contributed by atoms with E-state index in [0.29, 0.717) is 0 Å². The molecule has 0 saturated carbocycles. The fourth-order valence-corrected chi connectivity index (χ4v) is 0. The van der Waals surface area contributed by atoms with Crippen LogP contribution in [-0.4, -0.2) is 0 Å². The standard InChI is InChI=1S/Fe.Mn.2Nb.Ti. The summed E-state index contributed by atoms with van der Waals surface area (Å²) in [7, 11) is 0. The molecule has 5 heteroatoms. The van der Waals surface area contributed by atoms with Crippen LogP contribution < -0.4 is 0 Å². The Morgan fingerprint density at radius 1 is 0.800 bits per heavy atom. The molecule has 0 aromatic rings. The minimum atomic E-state index is 0. The van der Waals surface area contributed by atoms with Crippen LogP contribution in [0.4, 0.5) is 0 Å². The second-order valence-corrected chi connectivity index (χ2v) is 0. The van der Waals surface area contributed by atoms with Gasteiger partial charge in [-0.05, 0) is 0 Å². The third kappa shape index (κ3) is 18.9. The Balaban J connectivity index is 0. The van der Waals surface area contributed by atoms with Crippen molar-refractivity contribution >= 4 is 0 Å². The van der Waals surface area contributed by atoms with E-state index in [1.165, 1.54) is 0 Å². The Morgan fingerprint density at radius 2 is 0.800 bits per heavy atom. The van der Waals surface area contributed by atoms with Gasteiger partial charge in [0, 0.05) is 101 Å². The van der Waals surface area contributed by atoms with Gasteiger partial charge in [-0.3, -0.25) is 0 Å². The first kappa shape index (κ1) is 41.2. The van der Waals surface area contributed by atoms with Crippen LogP contribution in [-0.2, 0) is 101 Å². The summed E-state index contributed by atoms with van der Waals surface area (Å²) in [4.78, 5) is 0. The molecule has 5 heavy (non-hydrogen) atoms. The quantitative estimate of drug-likeness (QED) is 0.542. The van der Waals surface area contributed by atoms with Crippen molar-refractivity contribution in [3.63, 3.8) is 0 Å². The van der Waals surface area contributed by atoms with Crippen molar-refractivity contribution in [1.82, 2.24) is 0 Å². The summed E-state index contributed by atoms with van der Waals surface area (Å²) in [6.07, 6.45) is 0. The summed E-state index contributed by atoms with van der Waals surface area (Å²) in [6.45, 7) is 0. The molecule has 0 aliphatic heterocycles. The number of hydrogen-bond acceptors (Lipinski definition) is 0. The first-order valence-electron chi connectivity index (χ1n) is 0. The maximum atomic E-state index is 0. The van der Waals surface area contributed by atoms with Crippen LogP contribution in [0.3, 0.4) is 0 Å². The molecule has 0 rings (SSSR count). The molecule has 0 bridgehead atoms. The van der Waals surface area contributed by atoms with E-state index in [1.54, 1.807) is 0 Å². The summed E-state index contributed by atoms with van der Waals surface area (Å²) in [5.41, 5.74) is 0. The zero-order valence-corrected chi connectivity index (χ0v) is 10.4. The predicted molar refractivity (Wildman–Crippen MR) is 0 cm³/mol. The number of hydrogen-bond donors (Lipinski definition) is 0. The molecule has 0 amide bonds. The van der Waals surface area contributed by atoms with Crippen LogP contribution in [0.1, 0.15) is 0 Å². The molecule has 0 heterocycles. The maximum Gasteiger partial charge on any atom is 0 e. The molecule has 3 radical (unpaired) electrons. The van der Waals surface area contributed by atoms with Crippen molar-refractivity contribution in [2.45, 2.75) is 0 Å². The molecule has 0 atom stereocenters. The maximum absolute atomic E-state index is 0. The van der Waals surface area contributed by atoms with E-state index in [9.17, 15) is 0 Å². The van der Waals surface area contributed by atoms with Gasteiger partial charge in [-0.2, -0.15) is 0 Å². The second-order valence-electron chi connectivity index (χ2n) is 0. The first-order valence-corrected chi connectivity index (χ1v) is 0. The zero-order valence-electron chi connectivity index (χ0n) is 2.13. The first-order chi connectivity index (χ1) is 0. The molecular formula is FeMnNb2Ti. The Morgan fingerprint density at radius 3 is 0.800 bits per heavy atom. The largest absolute Gasteiger partial charge is 0 e. The summed E-state index contributed by atoms with van der Waals surface area (Å²) in [5.74, 6) is 0. The molecule has 0 aliphatic rings. The van der Waals surface area contributed by atoms with Gasteiger partial charge in [-0.25, -0.2) is 0 Å². The van der Waals surface area contributed by atoms with Gasteiger partial charge in [0.2, 0.25) is 0 Å². The summed E-state index contributed by atoms with van der Waals surface area (Å²) in [6, 6.07) is 0. The van der Waals surface area contributed by atoms with Crippen molar-refractivity contribution in [2.24, 2.45) is 0 Å². The van der Waals surface area contributed by atoms with Crippen LogP contribution in [0.25, 0.3) is 0 Å². The van der Waals surface area contributed by atoms with Crippen molar-refractivity contribution in [2.75, 3.05) is 0 Å². The van der Waals surface area contributed by atoms with Gasteiger partial charge in [0.1, 0.15) is 0 Å². The molecule has 0 fully saturated rings. The van der Waals surface area contributed by atoms with E-state index in [2.05, 4.69) is 0 Å². The predicted octanol–water partition coefficient (Wildman–Crippen LogP) is -0.0125.